The maximum atomic E-state index is 13.3. The van der Waals surface area contributed by atoms with Crippen LogP contribution in [0.15, 0.2) is 48.5 Å². The summed E-state index contributed by atoms with van der Waals surface area (Å²) in [5, 5.41) is 0.619. The van der Waals surface area contributed by atoms with E-state index in [1.165, 1.54) is 20.7 Å². The maximum absolute atomic E-state index is 13.3. The van der Waals surface area contributed by atoms with Crippen LogP contribution in [-0.4, -0.2) is 30.1 Å². The standard InChI is InChI=1S/C17H18ClFN2O2S/c18-16-7-5-14(6-8-16)12-20-9-2-10-21(24(20,22)23)13-15-3-1-4-17(19)11-15/h1,3-8,11H,2,9-10,12-13H2. The molecule has 1 saturated heterocycles. The summed E-state index contributed by atoms with van der Waals surface area (Å²) in [6, 6.07) is 13.2. The molecule has 3 rings (SSSR count). The summed E-state index contributed by atoms with van der Waals surface area (Å²) in [5.41, 5.74) is 1.53. The van der Waals surface area contributed by atoms with Crippen LogP contribution in [0.2, 0.25) is 5.02 Å². The van der Waals surface area contributed by atoms with E-state index in [4.69, 9.17) is 11.6 Å². The minimum absolute atomic E-state index is 0.178. The molecule has 0 atom stereocenters. The van der Waals surface area contributed by atoms with Crippen LogP contribution in [0.1, 0.15) is 17.5 Å². The molecule has 1 aliphatic heterocycles. The van der Waals surface area contributed by atoms with Crippen LogP contribution >= 0.6 is 11.6 Å². The van der Waals surface area contributed by atoms with E-state index >= 15 is 0 Å². The number of benzene rings is 2. The third-order valence-electron chi connectivity index (χ3n) is 3.99. The van der Waals surface area contributed by atoms with Gasteiger partial charge in [0.2, 0.25) is 0 Å². The Bertz CT molecular complexity index is 812. The topological polar surface area (TPSA) is 40.6 Å². The molecule has 0 N–H and O–H groups in total. The zero-order valence-corrected chi connectivity index (χ0v) is 14.6. The molecule has 7 heteroatoms. The van der Waals surface area contributed by atoms with Crippen LogP contribution in [0.3, 0.4) is 0 Å². The van der Waals surface area contributed by atoms with Crippen molar-refractivity contribution >= 4 is 21.8 Å². The van der Waals surface area contributed by atoms with Gasteiger partial charge in [0.1, 0.15) is 5.82 Å². The smallest absolute Gasteiger partial charge is 0.207 e. The Hall–Kier alpha value is -1.47. The van der Waals surface area contributed by atoms with Crippen molar-refractivity contribution in [1.82, 2.24) is 8.61 Å². The molecule has 24 heavy (non-hydrogen) atoms. The van der Waals surface area contributed by atoms with Gasteiger partial charge in [-0.25, -0.2) is 4.39 Å². The summed E-state index contributed by atoms with van der Waals surface area (Å²) in [5.74, 6) is -0.361. The van der Waals surface area contributed by atoms with E-state index < -0.39 is 10.2 Å². The van der Waals surface area contributed by atoms with Crippen LogP contribution in [-0.2, 0) is 23.3 Å². The van der Waals surface area contributed by atoms with Crippen LogP contribution in [0.5, 0.6) is 0 Å². The Balaban J connectivity index is 1.76. The van der Waals surface area contributed by atoms with Crippen LogP contribution in [0.25, 0.3) is 0 Å². The van der Waals surface area contributed by atoms with E-state index in [1.54, 1.807) is 24.3 Å². The molecule has 0 radical (unpaired) electrons. The molecule has 0 aliphatic carbocycles. The zero-order chi connectivity index (χ0) is 17.2. The number of nitrogens with zero attached hydrogens (tertiary/aromatic N) is 2. The summed E-state index contributed by atoms with van der Waals surface area (Å²) in [6.07, 6.45) is 0.738. The summed E-state index contributed by atoms with van der Waals surface area (Å²) in [6.45, 7) is 1.40. The van der Waals surface area contributed by atoms with Gasteiger partial charge in [0.15, 0.2) is 0 Å². The first-order valence-corrected chi connectivity index (χ1v) is 9.47. The van der Waals surface area contributed by atoms with E-state index in [0.717, 1.165) is 12.0 Å². The lowest BCUT2D eigenvalue weighted by Gasteiger charge is -2.34. The summed E-state index contributed by atoms with van der Waals surface area (Å²) >= 11 is 5.87. The quantitative estimate of drug-likeness (QED) is 0.829. The highest BCUT2D eigenvalue weighted by Crippen LogP contribution is 2.22. The SMILES string of the molecule is O=S1(=O)N(Cc2ccc(Cl)cc2)CCCN1Cc1cccc(F)c1. The number of hydrogen-bond donors (Lipinski definition) is 0. The predicted octanol–water partition coefficient (Wildman–Crippen LogP) is 3.43. The van der Waals surface area contributed by atoms with Gasteiger partial charge in [-0.3, -0.25) is 0 Å². The Labute approximate surface area is 146 Å². The van der Waals surface area contributed by atoms with E-state index in [-0.39, 0.29) is 12.4 Å². The molecule has 0 amide bonds. The molecule has 2 aromatic carbocycles. The Morgan fingerprint density at radius 2 is 1.58 bits per heavy atom. The van der Waals surface area contributed by atoms with Crippen molar-refractivity contribution in [3.63, 3.8) is 0 Å². The fraction of sp³-hybridized carbons (Fsp3) is 0.294. The van der Waals surface area contributed by atoms with Gasteiger partial charge in [0.25, 0.3) is 10.2 Å². The molecule has 0 aromatic heterocycles. The van der Waals surface area contributed by atoms with Gasteiger partial charge in [-0.15, -0.1) is 0 Å². The van der Waals surface area contributed by atoms with Gasteiger partial charge in [-0.05, 0) is 41.8 Å². The Kier molecular flexibility index (Phi) is 5.20. The molecular weight excluding hydrogens is 351 g/mol. The Morgan fingerprint density at radius 1 is 0.958 bits per heavy atom. The number of rotatable bonds is 4. The molecule has 128 valence electrons. The van der Waals surface area contributed by atoms with E-state index in [1.807, 2.05) is 12.1 Å². The molecule has 1 fully saturated rings. The first-order valence-electron chi connectivity index (χ1n) is 7.69. The van der Waals surface area contributed by atoms with E-state index in [0.29, 0.717) is 30.2 Å². The second kappa shape index (κ2) is 7.19. The van der Waals surface area contributed by atoms with Gasteiger partial charge >= 0.3 is 0 Å². The fourth-order valence-corrected chi connectivity index (χ4v) is 4.57. The highest BCUT2D eigenvalue weighted by molar-refractivity contribution is 7.86. The average molecular weight is 369 g/mol. The Morgan fingerprint density at radius 3 is 2.21 bits per heavy atom. The monoisotopic (exact) mass is 368 g/mol. The summed E-state index contributed by atoms with van der Waals surface area (Å²) in [7, 11) is -3.57. The highest BCUT2D eigenvalue weighted by Gasteiger charge is 2.33. The second-order valence-corrected chi connectivity index (χ2v) is 8.15. The molecule has 4 nitrogen and oxygen atoms in total. The lowest BCUT2D eigenvalue weighted by atomic mass is 10.2. The van der Waals surface area contributed by atoms with Crippen LogP contribution in [0, 0.1) is 5.82 Å². The van der Waals surface area contributed by atoms with Crippen molar-refractivity contribution in [2.75, 3.05) is 13.1 Å². The first kappa shape index (κ1) is 17.4. The predicted molar refractivity (Wildman–Crippen MR) is 92.2 cm³/mol. The molecule has 1 aliphatic rings. The molecule has 0 bridgehead atoms. The lowest BCUT2D eigenvalue weighted by Crippen LogP contribution is -2.48. The summed E-state index contributed by atoms with van der Waals surface area (Å²) < 4.78 is 41.8. The van der Waals surface area contributed by atoms with E-state index in [9.17, 15) is 12.8 Å². The minimum atomic E-state index is -3.57. The maximum Gasteiger partial charge on any atom is 0.282 e. The van der Waals surface area contributed by atoms with Gasteiger partial charge in [0.05, 0.1) is 0 Å². The van der Waals surface area contributed by atoms with Crippen molar-refractivity contribution in [3.05, 3.63) is 70.5 Å². The normalized spacial score (nSPS) is 18.6. The summed E-state index contributed by atoms with van der Waals surface area (Å²) in [4.78, 5) is 0. The molecular formula is C17H18ClFN2O2S. The molecule has 2 aromatic rings. The van der Waals surface area contributed by atoms with Crippen molar-refractivity contribution in [3.8, 4) is 0 Å². The van der Waals surface area contributed by atoms with Crippen LogP contribution < -0.4 is 0 Å². The van der Waals surface area contributed by atoms with Gasteiger partial charge in [0, 0.05) is 31.2 Å². The highest BCUT2D eigenvalue weighted by atomic mass is 35.5. The average Bonchev–Trinajstić information content (AvgIpc) is 2.53. The van der Waals surface area contributed by atoms with Gasteiger partial charge < -0.3 is 0 Å². The van der Waals surface area contributed by atoms with Crippen molar-refractivity contribution in [1.29, 1.82) is 0 Å². The first-order chi connectivity index (χ1) is 11.4. The zero-order valence-electron chi connectivity index (χ0n) is 13.0. The van der Waals surface area contributed by atoms with Gasteiger partial charge in [-0.2, -0.15) is 17.0 Å². The van der Waals surface area contributed by atoms with Crippen molar-refractivity contribution in [2.45, 2.75) is 19.5 Å². The minimum Gasteiger partial charge on any atom is -0.207 e. The third kappa shape index (κ3) is 3.95. The molecule has 0 spiro atoms. The van der Waals surface area contributed by atoms with Gasteiger partial charge in [-0.1, -0.05) is 35.9 Å². The lowest BCUT2D eigenvalue weighted by molar-refractivity contribution is 0.276. The molecule has 0 unspecified atom stereocenters. The van der Waals surface area contributed by atoms with Crippen molar-refractivity contribution < 1.29 is 12.8 Å². The number of halogens is 2. The van der Waals surface area contributed by atoms with Crippen LogP contribution in [0.4, 0.5) is 4.39 Å². The van der Waals surface area contributed by atoms with Crippen molar-refractivity contribution in [2.24, 2.45) is 0 Å². The fourth-order valence-electron chi connectivity index (χ4n) is 2.77. The third-order valence-corrected chi connectivity index (χ3v) is 6.17. The molecule has 0 saturated carbocycles. The van der Waals surface area contributed by atoms with E-state index in [2.05, 4.69) is 0 Å². The largest absolute Gasteiger partial charge is 0.282 e. The number of hydrogen-bond acceptors (Lipinski definition) is 2. The second-order valence-electron chi connectivity index (χ2n) is 5.78. The molecule has 1 heterocycles.